The van der Waals surface area contributed by atoms with Gasteiger partial charge in [0.15, 0.2) is 0 Å². The van der Waals surface area contributed by atoms with E-state index >= 15 is 0 Å². The summed E-state index contributed by atoms with van der Waals surface area (Å²) in [6.07, 6.45) is 2.28. The summed E-state index contributed by atoms with van der Waals surface area (Å²) in [5.41, 5.74) is 0.180. The molecule has 2 rings (SSSR count). The lowest BCUT2D eigenvalue weighted by Gasteiger charge is -2.08. The van der Waals surface area contributed by atoms with E-state index in [0.29, 0.717) is 18.1 Å². The predicted octanol–water partition coefficient (Wildman–Crippen LogP) is 2.26. The molecule has 0 saturated heterocycles. The third-order valence-corrected chi connectivity index (χ3v) is 2.50. The fourth-order valence-corrected chi connectivity index (χ4v) is 1.55. The van der Waals surface area contributed by atoms with Gasteiger partial charge in [0.25, 0.3) is 0 Å². The van der Waals surface area contributed by atoms with Crippen LogP contribution in [0.1, 0.15) is 5.82 Å². The van der Waals surface area contributed by atoms with Crippen LogP contribution in [0.2, 0.25) is 0 Å². The zero-order chi connectivity index (χ0) is 13.7. The lowest BCUT2D eigenvalue weighted by atomic mass is 10.3. The molecule has 0 atom stereocenters. The molecule has 0 radical (unpaired) electrons. The maximum absolute atomic E-state index is 13.5. The predicted molar refractivity (Wildman–Crippen MR) is 69.3 cm³/mol. The molecule has 0 aliphatic rings. The fraction of sp³-hybridized carbons (Fsp3) is 0.231. The molecular weight excluding hydrogens is 250 g/mol. The van der Waals surface area contributed by atoms with Crippen LogP contribution >= 0.6 is 0 Å². The Bertz CT molecular complexity index is 560. The van der Waals surface area contributed by atoms with Gasteiger partial charge in [-0.25, -0.2) is 18.7 Å². The quantitative estimate of drug-likeness (QED) is 0.869. The Morgan fingerprint density at radius 3 is 2.79 bits per heavy atom. The molecular formula is C13H14F2N4. The molecule has 1 heterocycles. The molecule has 2 aromatic rings. The van der Waals surface area contributed by atoms with Gasteiger partial charge >= 0.3 is 0 Å². The van der Waals surface area contributed by atoms with Crippen molar-refractivity contribution in [3.63, 3.8) is 0 Å². The smallest absolute Gasteiger partial charge is 0.149 e. The first-order chi connectivity index (χ1) is 9.19. The number of halogens is 2. The van der Waals surface area contributed by atoms with Gasteiger partial charge < -0.3 is 10.6 Å². The van der Waals surface area contributed by atoms with Gasteiger partial charge in [0, 0.05) is 25.2 Å². The van der Waals surface area contributed by atoms with Crippen molar-refractivity contribution >= 4 is 11.5 Å². The Morgan fingerprint density at radius 1 is 1.21 bits per heavy atom. The van der Waals surface area contributed by atoms with Crippen molar-refractivity contribution in [2.75, 3.05) is 18.9 Å². The number of aromatic nitrogens is 2. The van der Waals surface area contributed by atoms with Gasteiger partial charge in [-0.2, -0.15) is 0 Å². The summed E-state index contributed by atoms with van der Waals surface area (Å²) in [5.74, 6) is -0.135. The van der Waals surface area contributed by atoms with Crippen molar-refractivity contribution in [2.45, 2.75) is 6.42 Å². The molecule has 1 aromatic carbocycles. The number of anilines is 2. The minimum Gasteiger partial charge on any atom is -0.338 e. The van der Waals surface area contributed by atoms with Gasteiger partial charge in [-0.3, -0.25) is 0 Å². The largest absolute Gasteiger partial charge is 0.338 e. The normalized spacial score (nSPS) is 10.5. The lowest BCUT2D eigenvalue weighted by Crippen LogP contribution is -2.12. The maximum atomic E-state index is 13.5. The number of nitrogens with one attached hydrogen (secondary N) is 2. The van der Waals surface area contributed by atoms with Crippen LogP contribution < -0.4 is 10.6 Å². The number of likely N-dealkylation sites (N-methyl/N-ethyl adjacent to an activating group) is 1. The molecule has 1 aromatic heterocycles. The van der Waals surface area contributed by atoms with Crippen molar-refractivity contribution in [1.29, 1.82) is 0 Å². The lowest BCUT2D eigenvalue weighted by molar-refractivity contribution is 0.586. The molecule has 4 nitrogen and oxygen atoms in total. The molecule has 0 aliphatic carbocycles. The van der Waals surface area contributed by atoms with Crippen molar-refractivity contribution in [3.05, 3.63) is 47.9 Å². The second kappa shape index (κ2) is 6.19. The van der Waals surface area contributed by atoms with Crippen LogP contribution in [0.5, 0.6) is 0 Å². The third kappa shape index (κ3) is 3.69. The summed E-state index contributed by atoms with van der Waals surface area (Å²) in [4.78, 5) is 8.36. The van der Waals surface area contributed by atoms with Gasteiger partial charge in [-0.05, 0) is 25.2 Å². The molecule has 100 valence electrons. The number of nitrogens with zero attached hydrogens (tertiary/aromatic N) is 2. The van der Waals surface area contributed by atoms with E-state index in [4.69, 9.17) is 0 Å². The average Bonchev–Trinajstić information content (AvgIpc) is 2.40. The third-order valence-electron chi connectivity index (χ3n) is 2.50. The first-order valence-corrected chi connectivity index (χ1v) is 5.87. The van der Waals surface area contributed by atoms with Gasteiger partial charge in [0.05, 0.1) is 5.69 Å². The van der Waals surface area contributed by atoms with Crippen LogP contribution in [0.4, 0.5) is 20.3 Å². The molecule has 0 spiro atoms. The summed E-state index contributed by atoms with van der Waals surface area (Å²) in [6, 6.07) is 4.98. The minimum absolute atomic E-state index is 0.180. The zero-order valence-electron chi connectivity index (χ0n) is 10.5. The van der Waals surface area contributed by atoms with Crippen LogP contribution in [-0.4, -0.2) is 23.6 Å². The van der Waals surface area contributed by atoms with Crippen LogP contribution in [0.15, 0.2) is 30.5 Å². The highest BCUT2D eigenvalue weighted by molar-refractivity contribution is 5.56. The average molecular weight is 264 g/mol. The molecule has 6 heteroatoms. The van der Waals surface area contributed by atoms with E-state index in [1.807, 2.05) is 7.05 Å². The fourth-order valence-electron chi connectivity index (χ4n) is 1.55. The molecule has 0 bridgehead atoms. The highest BCUT2D eigenvalue weighted by atomic mass is 19.1. The highest BCUT2D eigenvalue weighted by Crippen LogP contribution is 2.19. The SMILES string of the molecule is CNCCc1nccc(Nc2ccc(F)cc2F)n1. The van der Waals surface area contributed by atoms with E-state index in [0.717, 1.165) is 12.6 Å². The number of rotatable bonds is 5. The van der Waals surface area contributed by atoms with E-state index in [9.17, 15) is 8.78 Å². The Kier molecular flexibility index (Phi) is 4.35. The van der Waals surface area contributed by atoms with E-state index in [1.165, 1.54) is 12.1 Å². The first-order valence-electron chi connectivity index (χ1n) is 5.87. The van der Waals surface area contributed by atoms with E-state index in [-0.39, 0.29) is 5.69 Å². The van der Waals surface area contributed by atoms with E-state index in [2.05, 4.69) is 20.6 Å². The van der Waals surface area contributed by atoms with Gasteiger partial charge in [0.1, 0.15) is 23.3 Å². The first kappa shape index (κ1) is 13.4. The van der Waals surface area contributed by atoms with Crippen molar-refractivity contribution < 1.29 is 8.78 Å². The molecule has 0 amide bonds. The van der Waals surface area contributed by atoms with E-state index < -0.39 is 11.6 Å². The molecule has 0 saturated carbocycles. The van der Waals surface area contributed by atoms with Gasteiger partial charge in [-0.15, -0.1) is 0 Å². The zero-order valence-corrected chi connectivity index (χ0v) is 10.5. The molecule has 0 fully saturated rings. The summed E-state index contributed by atoms with van der Waals surface area (Å²) < 4.78 is 26.3. The van der Waals surface area contributed by atoms with E-state index in [1.54, 1.807) is 12.3 Å². The summed E-state index contributed by atoms with van der Waals surface area (Å²) in [5, 5.41) is 5.80. The Balaban J connectivity index is 2.14. The topological polar surface area (TPSA) is 49.8 Å². The van der Waals surface area contributed by atoms with Crippen LogP contribution in [0.25, 0.3) is 0 Å². The monoisotopic (exact) mass is 264 g/mol. The number of hydrogen-bond donors (Lipinski definition) is 2. The summed E-state index contributed by atoms with van der Waals surface area (Å²) in [7, 11) is 1.84. The molecule has 0 unspecified atom stereocenters. The Morgan fingerprint density at radius 2 is 2.05 bits per heavy atom. The standard InChI is InChI=1S/C13H14F2N4/c1-16-6-4-12-17-7-5-13(19-12)18-11-3-2-9(14)8-10(11)15/h2-3,5,7-8,16H,4,6H2,1H3,(H,17,18,19). The highest BCUT2D eigenvalue weighted by Gasteiger charge is 2.05. The Labute approximate surface area is 109 Å². The van der Waals surface area contributed by atoms with Gasteiger partial charge in [-0.1, -0.05) is 0 Å². The molecule has 2 N–H and O–H groups in total. The van der Waals surface area contributed by atoms with Crippen molar-refractivity contribution in [3.8, 4) is 0 Å². The van der Waals surface area contributed by atoms with Gasteiger partial charge in [0.2, 0.25) is 0 Å². The van der Waals surface area contributed by atoms with Crippen LogP contribution in [0.3, 0.4) is 0 Å². The molecule has 19 heavy (non-hydrogen) atoms. The summed E-state index contributed by atoms with van der Waals surface area (Å²) in [6.45, 7) is 0.758. The van der Waals surface area contributed by atoms with Crippen LogP contribution in [-0.2, 0) is 6.42 Å². The maximum Gasteiger partial charge on any atom is 0.149 e. The van der Waals surface area contributed by atoms with Crippen molar-refractivity contribution in [1.82, 2.24) is 15.3 Å². The minimum atomic E-state index is -0.657. The second-order valence-corrected chi connectivity index (χ2v) is 3.96. The second-order valence-electron chi connectivity index (χ2n) is 3.96. The summed E-state index contributed by atoms with van der Waals surface area (Å²) >= 11 is 0. The number of hydrogen-bond acceptors (Lipinski definition) is 4. The van der Waals surface area contributed by atoms with Crippen molar-refractivity contribution in [2.24, 2.45) is 0 Å². The van der Waals surface area contributed by atoms with Crippen LogP contribution in [0, 0.1) is 11.6 Å². The Hall–Kier alpha value is -2.08. The molecule has 0 aliphatic heterocycles. The number of benzene rings is 1.